The first-order valence-electron chi connectivity index (χ1n) is 9.18. The molecule has 2 heterocycles. The van der Waals surface area contributed by atoms with Crippen molar-refractivity contribution in [3.8, 4) is 35.3 Å². The maximum absolute atomic E-state index is 13.0. The molecular weight excluding hydrogens is 569 g/mol. The lowest BCUT2D eigenvalue weighted by Gasteiger charge is -2.14. The quantitative estimate of drug-likeness (QED) is 0.271. The molecule has 2 aromatic rings. The van der Waals surface area contributed by atoms with Crippen LogP contribution in [0.1, 0.15) is 11.1 Å². The highest BCUT2D eigenvalue weighted by Crippen LogP contribution is 2.40. The Kier molecular flexibility index (Phi) is 6.74. The lowest BCUT2D eigenvalue weighted by Crippen LogP contribution is -2.27. The number of ether oxygens (including phenoxy) is 4. The summed E-state index contributed by atoms with van der Waals surface area (Å²) in [6.07, 6.45) is 6.90. The molecule has 2 aromatic carbocycles. The van der Waals surface area contributed by atoms with Gasteiger partial charge in [-0.15, -0.1) is 6.42 Å². The Labute approximate surface area is 207 Å². The molecule has 1 fully saturated rings. The van der Waals surface area contributed by atoms with Gasteiger partial charge in [0.2, 0.25) is 6.79 Å². The van der Waals surface area contributed by atoms with Gasteiger partial charge in [-0.2, -0.15) is 0 Å². The van der Waals surface area contributed by atoms with Crippen LogP contribution in [-0.2, 0) is 11.3 Å². The number of methoxy groups -OCH3 is 1. The first kappa shape index (κ1) is 22.6. The van der Waals surface area contributed by atoms with Crippen LogP contribution in [0.5, 0.6) is 23.0 Å². The van der Waals surface area contributed by atoms with E-state index in [4.69, 9.17) is 37.0 Å². The van der Waals surface area contributed by atoms with Gasteiger partial charge in [-0.1, -0.05) is 17.5 Å². The molecule has 164 valence electrons. The number of benzene rings is 2. The Morgan fingerprint density at radius 2 is 2.03 bits per heavy atom. The van der Waals surface area contributed by atoms with E-state index in [9.17, 15) is 9.59 Å². The molecule has 0 aromatic heterocycles. The van der Waals surface area contributed by atoms with Crippen molar-refractivity contribution in [1.82, 2.24) is 4.90 Å². The molecule has 0 N–H and O–H groups in total. The summed E-state index contributed by atoms with van der Waals surface area (Å²) in [4.78, 5) is 27.0. The lowest BCUT2D eigenvalue weighted by molar-refractivity contribution is -0.123. The van der Waals surface area contributed by atoms with Crippen molar-refractivity contribution in [3.63, 3.8) is 0 Å². The van der Waals surface area contributed by atoms with Crippen LogP contribution >= 0.6 is 46.0 Å². The number of carbonyl (C=O) groups excluding carboxylic acids is 2. The highest BCUT2D eigenvalue weighted by Gasteiger charge is 2.36. The topological polar surface area (TPSA) is 74.3 Å². The average molecular weight is 584 g/mol. The van der Waals surface area contributed by atoms with Crippen molar-refractivity contribution in [2.24, 2.45) is 0 Å². The molecule has 2 aliphatic rings. The molecule has 10 heteroatoms. The molecule has 7 nitrogen and oxygen atoms in total. The highest BCUT2D eigenvalue weighted by molar-refractivity contribution is 14.1. The van der Waals surface area contributed by atoms with Crippen molar-refractivity contribution in [1.29, 1.82) is 0 Å². The number of nitrogens with zero attached hydrogens (tertiary/aromatic N) is 1. The molecule has 0 unspecified atom stereocenters. The van der Waals surface area contributed by atoms with Gasteiger partial charge in [-0.25, -0.2) is 0 Å². The van der Waals surface area contributed by atoms with Crippen molar-refractivity contribution in [2.75, 3.05) is 20.5 Å². The van der Waals surface area contributed by atoms with E-state index in [1.165, 1.54) is 7.11 Å². The summed E-state index contributed by atoms with van der Waals surface area (Å²) >= 11 is 9.27. The molecule has 4 rings (SSSR count). The summed E-state index contributed by atoms with van der Waals surface area (Å²) in [6.45, 7) is 0.235. The van der Waals surface area contributed by atoms with Crippen molar-refractivity contribution < 1.29 is 28.5 Å². The van der Waals surface area contributed by atoms with Gasteiger partial charge in [0.15, 0.2) is 23.0 Å². The minimum absolute atomic E-state index is 0.0250. The Balaban J connectivity index is 1.58. The first-order valence-corrected chi connectivity index (χ1v) is 11.5. The summed E-state index contributed by atoms with van der Waals surface area (Å²) in [6, 6.07) is 6.83. The average Bonchev–Trinajstić information content (AvgIpc) is 3.31. The SMILES string of the molecule is C#CCOc1c(I)cc(/C=C2\SC(=O)N(Cc3cc4c(cc3Cl)OCO4)C2=O)cc1OC. The fourth-order valence-corrected chi connectivity index (χ4v) is 4.95. The van der Waals surface area contributed by atoms with Gasteiger partial charge in [-0.3, -0.25) is 14.5 Å². The third-order valence-electron chi connectivity index (χ3n) is 4.59. The molecular formula is C22H15ClINO6S. The largest absolute Gasteiger partial charge is 0.493 e. The van der Waals surface area contributed by atoms with E-state index < -0.39 is 5.91 Å². The van der Waals surface area contributed by atoms with E-state index in [1.54, 1.807) is 24.3 Å². The van der Waals surface area contributed by atoms with Crippen LogP contribution in [0.25, 0.3) is 6.08 Å². The van der Waals surface area contributed by atoms with Crippen LogP contribution in [0.2, 0.25) is 5.02 Å². The van der Waals surface area contributed by atoms with E-state index in [-0.39, 0.29) is 25.2 Å². The molecule has 2 aliphatic heterocycles. The molecule has 0 bridgehead atoms. The zero-order chi connectivity index (χ0) is 22.8. The summed E-state index contributed by atoms with van der Waals surface area (Å²) < 4.78 is 22.3. The van der Waals surface area contributed by atoms with E-state index in [1.807, 2.05) is 6.07 Å². The smallest absolute Gasteiger partial charge is 0.293 e. The van der Waals surface area contributed by atoms with Gasteiger partial charge in [0, 0.05) is 11.1 Å². The third-order valence-corrected chi connectivity index (χ3v) is 6.65. The standard InChI is InChI=1S/C22H15ClINO6S/c1-3-4-29-20-15(24)5-12(6-18(20)28-2)7-19-21(26)25(22(27)32-19)10-13-8-16-17(9-14(13)23)31-11-30-16/h1,5-9H,4,10-11H2,2H3/b19-7-. The van der Waals surface area contributed by atoms with Gasteiger partial charge in [-0.05, 0) is 69.8 Å². The number of carbonyl (C=O) groups is 2. The number of amides is 2. The normalized spacial score (nSPS) is 15.9. The van der Waals surface area contributed by atoms with E-state index >= 15 is 0 Å². The minimum atomic E-state index is -0.407. The second-order valence-electron chi connectivity index (χ2n) is 6.59. The number of imide groups is 1. The number of hydrogen-bond donors (Lipinski definition) is 0. The first-order chi connectivity index (χ1) is 15.4. The maximum atomic E-state index is 13.0. The fraction of sp³-hybridized carbons (Fsp3) is 0.182. The van der Waals surface area contributed by atoms with E-state index in [2.05, 4.69) is 28.5 Å². The molecule has 0 spiro atoms. The van der Waals surface area contributed by atoms with Gasteiger partial charge >= 0.3 is 0 Å². The zero-order valence-corrected chi connectivity index (χ0v) is 20.4. The van der Waals surface area contributed by atoms with Gasteiger partial charge in [0.05, 0.1) is 22.1 Å². The Morgan fingerprint density at radius 1 is 1.28 bits per heavy atom. The second-order valence-corrected chi connectivity index (χ2v) is 9.15. The predicted molar refractivity (Wildman–Crippen MR) is 129 cm³/mol. The van der Waals surface area contributed by atoms with Crippen LogP contribution < -0.4 is 18.9 Å². The fourth-order valence-electron chi connectivity index (χ4n) is 3.12. The van der Waals surface area contributed by atoms with Crippen LogP contribution in [-0.4, -0.2) is 36.6 Å². The molecule has 2 amide bonds. The van der Waals surface area contributed by atoms with Crippen LogP contribution in [0, 0.1) is 15.9 Å². The Morgan fingerprint density at radius 3 is 2.75 bits per heavy atom. The molecule has 32 heavy (non-hydrogen) atoms. The van der Waals surface area contributed by atoms with Crippen LogP contribution in [0.3, 0.4) is 0 Å². The number of hydrogen-bond acceptors (Lipinski definition) is 7. The van der Waals surface area contributed by atoms with Gasteiger partial charge in [0.25, 0.3) is 11.1 Å². The summed E-state index contributed by atoms with van der Waals surface area (Å²) in [5, 5.41) is 0.00440. The number of terminal acetylenes is 1. The van der Waals surface area contributed by atoms with Gasteiger partial charge < -0.3 is 18.9 Å². The molecule has 0 atom stereocenters. The van der Waals surface area contributed by atoms with Crippen molar-refractivity contribution in [3.05, 3.63) is 48.9 Å². The Bertz CT molecular complexity index is 1190. The monoisotopic (exact) mass is 583 g/mol. The van der Waals surface area contributed by atoms with Gasteiger partial charge in [0.1, 0.15) is 6.61 Å². The maximum Gasteiger partial charge on any atom is 0.293 e. The van der Waals surface area contributed by atoms with Crippen LogP contribution in [0.15, 0.2) is 29.2 Å². The third kappa shape index (κ3) is 4.48. The Hall–Kier alpha value is -2.55. The number of rotatable bonds is 6. The summed E-state index contributed by atoms with van der Waals surface area (Å²) in [5.41, 5.74) is 1.27. The second kappa shape index (κ2) is 9.52. The van der Waals surface area contributed by atoms with Crippen LogP contribution in [0.4, 0.5) is 4.79 Å². The predicted octanol–water partition coefficient (Wildman–Crippen LogP) is 4.93. The molecule has 0 aliphatic carbocycles. The van der Waals surface area contributed by atoms with Crippen molar-refractivity contribution in [2.45, 2.75) is 6.54 Å². The summed E-state index contributed by atoms with van der Waals surface area (Å²) in [7, 11) is 1.51. The van der Waals surface area contributed by atoms with E-state index in [0.29, 0.717) is 44.1 Å². The molecule has 0 radical (unpaired) electrons. The molecule has 1 saturated heterocycles. The number of halogens is 2. The van der Waals surface area contributed by atoms with Crippen molar-refractivity contribution >= 4 is 63.2 Å². The van der Waals surface area contributed by atoms with E-state index in [0.717, 1.165) is 20.2 Å². The zero-order valence-electron chi connectivity index (χ0n) is 16.6. The highest BCUT2D eigenvalue weighted by atomic mass is 127. The number of thioether (sulfide) groups is 1. The number of fused-ring (bicyclic) bond motifs is 1. The minimum Gasteiger partial charge on any atom is -0.493 e. The summed E-state index contributed by atoms with van der Waals surface area (Å²) in [5.74, 6) is 4.07. The molecule has 0 saturated carbocycles. The lowest BCUT2D eigenvalue weighted by atomic mass is 10.1.